The molecule has 6 atom stereocenters. The van der Waals surface area contributed by atoms with Crippen LogP contribution in [0.5, 0.6) is 0 Å². The molecule has 1 spiro atoms. The Morgan fingerprint density at radius 1 is 0.492 bits per heavy atom. The van der Waals surface area contributed by atoms with E-state index in [1.807, 2.05) is 0 Å². The van der Waals surface area contributed by atoms with Crippen LogP contribution in [0, 0.1) is 23.7 Å². The molecule has 1 aromatic heterocycles. The monoisotopic (exact) mass is 808 g/mol. The average molecular weight is 809 g/mol. The van der Waals surface area contributed by atoms with Crippen LogP contribution in [0.1, 0.15) is 73.3 Å². The normalized spacial score (nSPS) is 24.4. The van der Waals surface area contributed by atoms with E-state index >= 15 is 0 Å². The van der Waals surface area contributed by atoms with Crippen molar-refractivity contribution in [3.63, 3.8) is 0 Å². The lowest BCUT2D eigenvalue weighted by Crippen LogP contribution is -2.54. The van der Waals surface area contributed by atoms with Crippen LogP contribution in [0.4, 0.5) is 17.1 Å². The number of hydrogen-bond donors (Lipinski definition) is 0. The molecule has 0 saturated heterocycles. The smallest absolute Gasteiger partial charge is 0.0541 e. The second kappa shape index (κ2) is 12.1. The first-order chi connectivity index (χ1) is 31.0. The molecular formula is C61H48N2. The van der Waals surface area contributed by atoms with Gasteiger partial charge in [0.15, 0.2) is 0 Å². The number of benzene rings is 8. The number of rotatable bonds is 5. The second-order valence-electron chi connectivity index (χ2n) is 20.5. The van der Waals surface area contributed by atoms with Crippen LogP contribution in [0.15, 0.2) is 176 Å². The van der Waals surface area contributed by atoms with Crippen molar-refractivity contribution >= 4 is 38.9 Å². The largest absolute Gasteiger partial charge is 0.310 e. The van der Waals surface area contributed by atoms with E-state index in [4.69, 9.17) is 0 Å². The zero-order valence-corrected chi connectivity index (χ0v) is 35.9. The van der Waals surface area contributed by atoms with Crippen molar-refractivity contribution in [1.82, 2.24) is 4.57 Å². The van der Waals surface area contributed by atoms with Crippen molar-refractivity contribution in [2.45, 2.75) is 56.3 Å². The van der Waals surface area contributed by atoms with Crippen molar-refractivity contribution in [3.05, 3.63) is 204 Å². The van der Waals surface area contributed by atoms with Gasteiger partial charge in [0.2, 0.25) is 0 Å². The van der Waals surface area contributed by atoms with Crippen LogP contribution >= 0.6 is 0 Å². The maximum Gasteiger partial charge on any atom is 0.0541 e. The lowest BCUT2D eigenvalue weighted by atomic mass is 9.43. The van der Waals surface area contributed by atoms with E-state index in [2.05, 4.69) is 199 Å². The maximum atomic E-state index is 2.57. The molecule has 0 N–H and O–H groups in total. The molecule has 4 fully saturated rings. The molecule has 2 nitrogen and oxygen atoms in total. The number of fused-ring (bicyclic) bond motifs is 8. The van der Waals surface area contributed by atoms with Crippen LogP contribution in [0.25, 0.3) is 60.9 Å². The quantitative estimate of drug-likeness (QED) is 0.168. The van der Waals surface area contributed by atoms with Crippen molar-refractivity contribution < 1.29 is 0 Å². The summed E-state index contributed by atoms with van der Waals surface area (Å²) in [5.41, 5.74) is 23.4. The fourth-order valence-corrected chi connectivity index (χ4v) is 15.2. The molecule has 4 saturated carbocycles. The molecule has 8 aromatic carbocycles. The van der Waals surface area contributed by atoms with Gasteiger partial charge in [-0.1, -0.05) is 123 Å². The first kappa shape index (κ1) is 34.9. The molecule has 7 aliphatic carbocycles. The number of anilines is 3. The minimum Gasteiger partial charge on any atom is -0.310 e. The Balaban J connectivity index is 0.842. The van der Waals surface area contributed by atoms with Crippen LogP contribution in [0.3, 0.4) is 0 Å². The van der Waals surface area contributed by atoms with Crippen LogP contribution in [0.2, 0.25) is 0 Å². The first-order valence-corrected chi connectivity index (χ1v) is 23.5. The number of aromatic nitrogens is 1. The molecule has 6 unspecified atom stereocenters. The van der Waals surface area contributed by atoms with Gasteiger partial charge in [-0.05, 0) is 183 Å². The van der Waals surface area contributed by atoms with Gasteiger partial charge in [-0.25, -0.2) is 0 Å². The van der Waals surface area contributed by atoms with E-state index in [1.165, 1.54) is 97.7 Å². The van der Waals surface area contributed by atoms with Gasteiger partial charge in [-0.15, -0.1) is 0 Å². The Morgan fingerprint density at radius 2 is 1.16 bits per heavy atom. The molecule has 6 bridgehead atoms. The van der Waals surface area contributed by atoms with Crippen molar-refractivity contribution in [2.75, 3.05) is 4.90 Å². The fraction of sp³-hybridized carbons (Fsp3) is 0.213. The summed E-state index contributed by atoms with van der Waals surface area (Å²) in [7, 11) is 0. The molecule has 16 rings (SSSR count). The maximum absolute atomic E-state index is 2.57. The Morgan fingerprint density at radius 3 is 1.95 bits per heavy atom. The van der Waals surface area contributed by atoms with E-state index in [1.54, 1.807) is 16.7 Å². The van der Waals surface area contributed by atoms with Crippen molar-refractivity contribution in [3.8, 4) is 39.1 Å². The second-order valence-corrected chi connectivity index (χ2v) is 20.5. The highest BCUT2D eigenvalue weighted by molar-refractivity contribution is 6.09. The summed E-state index contributed by atoms with van der Waals surface area (Å²) in [5, 5.41) is 2.56. The van der Waals surface area contributed by atoms with Crippen LogP contribution in [-0.4, -0.2) is 4.57 Å². The van der Waals surface area contributed by atoms with Gasteiger partial charge in [0.05, 0.1) is 11.0 Å². The van der Waals surface area contributed by atoms with Crippen LogP contribution < -0.4 is 4.90 Å². The van der Waals surface area contributed by atoms with Crippen molar-refractivity contribution in [2.24, 2.45) is 23.7 Å². The van der Waals surface area contributed by atoms with Gasteiger partial charge < -0.3 is 9.47 Å². The van der Waals surface area contributed by atoms with E-state index in [0.717, 1.165) is 46.7 Å². The number of nitrogens with zero attached hydrogens (tertiary/aromatic N) is 2. The zero-order chi connectivity index (χ0) is 41.3. The van der Waals surface area contributed by atoms with Crippen LogP contribution in [-0.2, 0) is 10.8 Å². The van der Waals surface area contributed by atoms with Gasteiger partial charge in [0, 0.05) is 44.4 Å². The van der Waals surface area contributed by atoms with E-state index in [9.17, 15) is 0 Å². The van der Waals surface area contributed by atoms with E-state index in [-0.39, 0.29) is 10.8 Å². The first-order valence-electron chi connectivity index (χ1n) is 23.5. The highest BCUT2D eigenvalue weighted by Gasteiger charge is 2.69. The Labute approximate surface area is 369 Å². The Kier molecular flexibility index (Phi) is 6.69. The molecule has 0 amide bonds. The molecule has 9 aromatic rings. The molecule has 2 heteroatoms. The molecular weight excluding hydrogens is 761 g/mol. The average Bonchev–Trinajstić information content (AvgIpc) is 3.98. The topological polar surface area (TPSA) is 8.17 Å². The lowest BCUT2D eigenvalue weighted by Gasteiger charge is -2.60. The fourth-order valence-electron chi connectivity index (χ4n) is 15.2. The Bertz CT molecular complexity index is 3370. The minimum atomic E-state index is -0.0958. The zero-order valence-electron chi connectivity index (χ0n) is 35.9. The van der Waals surface area contributed by atoms with E-state index in [0.29, 0.717) is 0 Å². The highest BCUT2D eigenvalue weighted by Crippen LogP contribution is 2.77. The predicted molar refractivity (Wildman–Crippen MR) is 260 cm³/mol. The summed E-state index contributed by atoms with van der Waals surface area (Å²) in [6, 6.07) is 67.2. The summed E-state index contributed by atoms with van der Waals surface area (Å²) in [6.45, 7) is 4.76. The molecule has 63 heavy (non-hydrogen) atoms. The SMILES string of the molecule is CC1(C)c2ccccc2-c2ccc(N(c3ccc(-c4ccc5c(c4)-c4cccc6c4C54C5CC7CC(C5)C6C4C7)cc3)c3ccc(-n4c5ccccc5c5ccccc54)cc3)cc21. The number of hydrogen-bond acceptors (Lipinski definition) is 1. The molecule has 0 aliphatic heterocycles. The van der Waals surface area contributed by atoms with Gasteiger partial charge in [-0.2, -0.15) is 0 Å². The molecule has 302 valence electrons. The third-order valence-electron chi connectivity index (χ3n) is 17.5. The summed E-state index contributed by atoms with van der Waals surface area (Å²) in [6.07, 6.45) is 5.78. The summed E-state index contributed by atoms with van der Waals surface area (Å²) < 4.78 is 2.41. The van der Waals surface area contributed by atoms with Gasteiger partial charge in [0.1, 0.15) is 0 Å². The van der Waals surface area contributed by atoms with Gasteiger partial charge in [0.25, 0.3) is 0 Å². The third kappa shape index (κ3) is 4.35. The van der Waals surface area contributed by atoms with Crippen molar-refractivity contribution in [1.29, 1.82) is 0 Å². The minimum absolute atomic E-state index is 0.0958. The third-order valence-corrected chi connectivity index (χ3v) is 17.5. The van der Waals surface area contributed by atoms with Gasteiger partial charge >= 0.3 is 0 Å². The number of para-hydroxylation sites is 2. The standard InChI is InChI=1S/C61H48N2/c1-60(2)52-15-6-3-10-45(52)46-28-27-44(35-54(46)60)62(42-23-25-43(26-24-42)63-56-16-7-4-11-47(56)48-12-5-8-17-57(48)63)41-21-18-37(19-22-41)38-20-29-53-51(34-38)49-13-9-14-50-58-39-30-36-31-40(33-39)61(53,59(49)50)55(58)32-36/h3-29,34-36,39-40,55,58H,30-33H2,1-2H3. The Hall–Kier alpha value is -6.64. The molecule has 0 radical (unpaired) electrons. The summed E-state index contributed by atoms with van der Waals surface area (Å²) in [4.78, 5) is 2.46. The summed E-state index contributed by atoms with van der Waals surface area (Å²) >= 11 is 0. The highest BCUT2D eigenvalue weighted by atomic mass is 15.1. The molecule has 1 heterocycles. The predicted octanol–water partition coefficient (Wildman–Crippen LogP) is 15.7. The van der Waals surface area contributed by atoms with Gasteiger partial charge in [-0.3, -0.25) is 0 Å². The lowest BCUT2D eigenvalue weighted by molar-refractivity contribution is -0.0431. The summed E-state index contributed by atoms with van der Waals surface area (Å²) in [5.74, 6) is 4.27. The molecule has 7 aliphatic rings. The van der Waals surface area contributed by atoms with E-state index < -0.39 is 0 Å².